The smallest absolute Gasteiger partial charge is 0.237 e. The minimum absolute atomic E-state index is 0.115. The molecule has 1 aliphatic heterocycles. The maximum Gasteiger partial charge on any atom is 0.237 e. The highest BCUT2D eigenvalue weighted by molar-refractivity contribution is 7.99. The summed E-state index contributed by atoms with van der Waals surface area (Å²) < 4.78 is 0. The molecule has 0 fully saturated rings. The summed E-state index contributed by atoms with van der Waals surface area (Å²) in [4.78, 5) is 18.5. The molecular weight excluding hydrogens is 272 g/mol. The van der Waals surface area contributed by atoms with Crippen LogP contribution in [0.3, 0.4) is 0 Å². The van der Waals surface area contributed by atoms with Gasteiger partial charge in [0.05, 0.1) is 5.75 Å². The Bertz CT molecular complexity index is 625. The van der Waals surface area contributed by atoms with E-state index in [0.29, 0.717) is 10.9 Å². The zero-order valence-electron chi connectivity index (χ0n) is 11.3. The number of hydrogen-bond acceptors (Lipinski definition) is 4. The fraction of sp³-hybridized carbons (Fsp3) is 0.357. The van der Waals surface area contributed by atoms with Crippen molar-refractivity contribution in [3.63, 3.8) is 0 Å². The number of anilines is 1. The topological polar surface area (TPSA) is 61.9 Å². The van der Waals surface area contributed by atoms with Crippen molar-refractivity contribution in [1.82, 2.24) is 15.2 Å². The van der Waals surface area contributed by atoms with Crippen LogP contribution in [-0.2, 0) is 11.2 Å². The van der Waals surface area contributed by atoms with Gasteiger partial charge in [0, 0.05) is 12.2 Å². The number of amides is 1. The van der Waals surface area contributed by atoms with E-state index in [4.69, 9.17) is 0 Å². The largest absolute Gasteiger partial charge is 0.311 e. The fourth-order valence-electron chi connectivity index (χ4n) is 2.38. The first-order valence-corrected chi connectivity index (χ1v) is 7.62. The molecule has 2 aromatic rings. The Morgan fingerprint density at radius 3 is 3.10 bits per heavy atom. The molecule has 0 atom stereocenters. The number of nitrogens with one attached hydrogen (secondary N) is 1. The molecule has 0 saturated carbocycles. The SMILES string of the molecule is Cc1nc(SCC(=O)N2CCCc3ccccc32)n[nH]1. The summed E-state index contributed by atoms with van der Waals surface area (Å²) in [6.07, 6.45) is 2.07. The standard InChI is InChI=1S/C14H16N4OS/c1-10-15-14(17-16-10)20-9-13(19)18-8-4-6-11-5-2-3-7-12(11)18/h2-3,5,7H,4,6,8-9H2,1H3,(H,15,16,17). The fourth-order valence-corrected chi connectivity index (χ4v) is 3.10. The monoisotopic (exact) mass is 288 g/mol. The van der Waals surface area contributed by atoms with Crippen molar-refractivity contribution in [3.8, 4) is 0 Å². The Kier molecular flexibility index (Phi) is 3.73. The summed E-state index contributed by atoms with van der Waals surface area (Å²) in [7, 11) is 0. The average molecular weight is 288 g/mol. The first-order valence-electron chi connectivity index (χ1n) is 6.64. The Hall–Kier alpha value is -1.82. The van der Waals surface area contributed by atoms with E-state index in [1.807, 2.05) is 30.0 Å². The van der Waals surface area contributed by atoms with E-state index in [1.54, 1.807) is 0 Å². The molecule has 1 aromatic heterocycles. The molecule has 3 rings (SSSR count). The van der Waals surface area contributed by atoms with Crippen LogP contribution in [0.25, 0.3) is 0 Å². The summed E-state index contributed by atoms with van der Waals surface area (Å²) in [5.74, 6) is 1.25. The Morgan fingerprint density at radius 1 is 1.45 bits per heavy atom. The van der Waals surface area contributed by atoms with Gasteiger partial charge in [-0.25, -0.2) is 4.98 Å². The second kappa shape index (κ2) is 5.66. The minimum atomic E-state index is 0.115. The van der Waals surface area contributed by atoms with Gasteiger partial charge in [0.25, 0.3) is 0 Å². The van der Waals surface area contributed by atoms with Crippen LogP contribution in [-0.4, -0.2) is 33.4 Å². The van der Waals surface area contributed by atoms with Crippen LogP contribution in [0.5, 0.6) is 0 Å². The van der Waals surface area contributed by atoms with E-state index >= 15 is 0 Å². The average Bonchev–Trinajstić information content (AvgIpc) is 2.90. The number of rotatable bonds is 3. The molecule has 0 spiro atoms. The van der Waals surface area contributed by atoms with Crippen molar-refractivity contribution in [2.75, 3.05) is 17.2 Å². The van der Waals surface area contributed by atoms with Crippen LogP contribution in [0.15, 0.2) is 29.4 Å². The Labute approximate surface area is 121 Å². The van der Waals surface area contributed by atoms with E-state index in [0.717, 1.165) is 30.9 Å². The number of benzene rings is 1. The second-order valence-corrected chi connectivity index (χ2v) is 5.71. The van der Waals surface area contributed by atoms with Gasteiger partial charge in [-0.15, -0.1) is 5.10 Å². The second-order valence-electron chi connectivity index (χ2n) is 4.77. The molecule has 1 amide bonds. The third-order valence-electron chi connectivity index (χ3n) is 3.31. The number of H-pyrrole nitrogens is 1. The van der Waals surface area contributed by atoms with E-state index in [-0.39, 0.29) is 5.91 Å². The van der Waals surface area contributed by atoms with Gasteiger partial charge in [-0.1, -0.05) is 30.0 Å². The zero-order valence-corrected chi connectivity index (χ0v) is 12.1. The van der Waals surface area contributed by atoms with Gasteiger partial charge in [-0.2, -0.15) is 0 Å². The molecule has 5 nitrogen and oxygen atoms in total. The van der Waals surface area contributed by atoms with Crippen molar-refractivity contribution >= 4 is 23.4 Å². The van der Waals surface area contributed by atoms with Gasteiger partial charge in [0.2, 0.25) is 11.1 Å². The highest BCUT2D eigenvalue weighted by atomic mass is 32.2. The van der Waals surface area contributed by atoms with Crippen LogP contribution >= 0.6 is 11.8 Å². The molecule has 1 aromatic carbocycles. The molecule has 104 valence electrons. The number of aromatic nitrogens is 3. The molecule has 0 radical (unpaired) electrons. The molecule has 1 aliphatic rings. The molecular formula is C14H16N4OS. The van der Waals surface area contributed by atoms with E-state index in [2.05, 4.69) is 21.2 Å². The summed E-state index contributed by atoms with van der Waals surface area (Å²) in [5, 5.41) is 7.44. The number of hydrogen-bond donors (Lipinski definition) is 1. The lowest BCUT2D eigenvalue weighted by molar-refractivity contribution is -0.116. The van der Waals surface area contributed by atoms with Gasteiger partial charge in [-0.3, -0.25) is 9.89 Å². The van der Waals surface area contributed by atoms with Crippen LogP contribution in [0, 0.1) is 6.92 Å². The molecule has 6 heteroatoms. The van der Waals surface area contributed by atoms with Gasteiger partial charge in [0.1, 0.15) is 5.82 Å². The van der Waals surface area contributed by atoms with Crippen LogP contribution < -0.4 is 4.90 Å². The van der Waals surface area contributed by atoms with Crippen molar-refractivity contribution in [1.29, 1.82) is 0 Å². The molecule has 1 N–H and O–H groups in total. The van der Waals surface area contributed by atoms with Gasteiger partial charge in [-0.05, 0) is 31.4 Å². The summed E-state index contributed by atoms with van der Waals surface area (Å²) in [6.45, 7) is 2.64. The van der Waals surface area contributed by atoms with Gasteiger partial charge in [0.15, 0.2) is 0 Å². The number of para-hydroxylation sites is 1. The number of nitrogens with zero attached hydrogens (tertiary/aromatic N) is 3. The molecule has 0 bridgehead atoms. The highest BCUT2D eigenvalue weighted by Crippen LogP contribution is 2.27. The molecule has 0 aliphatic carbocycles. The normalized spacial score (nSPS) is 14.2. The van der Waals surface area contributed by atoms with Crippen LogP contribution in [0.4, 0.5) is 5.69 Å². The molecule has 0 saturated heterocycles. The third kappa shape index (κ3) is 2.70. The number of carbonyl (C=O) groups is 1. The van der Waals surface area contributed by atoms with Gasteiger partial charge >= 0.3 is 0 Å². The summed E-state index contributed by atoms with van der Waals surface area (Å²) in [5.41, 5.74) is 2.31. The van der Waals surface area contributed by atoms with Crippen molar-refractivity contribution in [3.05, 3.63) is 35.7 Å². The van der Waals surface area contributed by atoms with E-state index in [9.17, 15) is 4.79 Å². The Balaban J connectivity index is 1.69. The summed E-state index contributed by atoms with van der Waals surface area (Å²) in [6, 6.07) is 8.13. The van der Waals surface area contributed by atoms with Crippen LogP contribution in [0.1, 0.15) is 17.8 Å². The molecule has 20 heavy (non-hydrogen) atoms. The maximum absolute atomic E-state index is 12.4. The lowest BCUT2D eigenvalue weighted by Crippen LogP contribution is -2.36. The quantitative estimate of drug-likeness (QED) is 0.879. The predicted molar refractivity (Wildman–Crippen MR) is 79.0 cm³/mol. The van der Waals surface area contributed by atoms with E-state index in [1.165, 1.54) is 17.3 Å². The summed E-state index contributed by atoms with van der Waals surface area (Å²) >= 11 is 1.37. The highest BCUT2D eigenvalue weighted by Gasteiger charge is 2.22. The molecule has 0 unspecified atom stereocenters. The van der Waals surface area contributed by atoms with Gasteiger partial charge < -0.3 is 4.90 Å². The van der Waals surface area contributed by atoms with Crippen LogP contribution in [0.2, 0.25) is 0 Å². The lowest BCUT2D eigenvalue weighted by atomic mass is 10.0. The first-order chi connectivity index (χ1) is 9.74. The number of fused-ring (bicyclic) bond motifs is 1. The van der Waals surface area contributed by atoms with Crippen molar-refractivity contribution in [2.45, 2.75) is 24.9 Å². The van der Waals surface area contributed by atoms with Crippen molar-refractivity contribution in [2.24, 2.45) is 0 Å². The van der Waals surface area contributed by atoms with E-state index < -0.39 is 0 Å². The number of thioether (sulfide) groups is 1. The maximum atomic E-state index is 12.4. The van der Waals surface area contributed by atoms with Crippen molar-refractivity contribution < 1.29 is 4.79 Å². The molecule has 2 heterocycles. The first kappa shape index (κ1) is 13.2. The third-order valence-corrected chi connectivity index (χ3v) is 4.14. The zero-order chi connectivity index (χ0) is 13.9. The Morgan fingerprint density at radius 2 is 2.30 bits per heavy atom. The number of carbonyl (C=O) groups excluding carboxylic acids is 1. The number of aromatic amines is 1. The lowest BCUT2D eigenvalue weighted by Gasteiger charge is -2.29. The minimum Gasteiger partial charge on any atom is -0.311 e. The number of aryl methyl sites for hydroxylation is 2. The predicted octanol–water partition coefficient (Wildman–Crippen LogP) is 2.18.